The van der Waals surface area contributed by atoms with Crippen LogP contribution in [0, 0.1) is 32.6 Å². The van der Waals surface area contributed by atoms with E-state index in [1.807, 2.05) is 43.9 Å². The average Bonchev–Trinajstić information content (AvgIpc) is 3.12. The van der Waals surface area contributed by atoms with E-state index in [-0.39, 0.29) is 5.91 Å². The van der Waals surface area contributed by atoms with Gasteiger partial charge in [-0.3, -0.25) is 4.79 Å². The summed E-state index contributed by atoms with van der Waals surface area (Å²) in [5.41, 5.74) is 3.57. The van der Waals surface area contributed by atoms with Crippen molar-refractivity contribution in [3.05, 3.63) is 51.8 Å². The molecule has 2 aromatic rings. The Kier molecular flexibility index (Phi) is 4.35. The summed E-state index contributed by atoms with van der Waals surface area (Å²) in [5, 5.41) is 0.539. The number of benzene rings is 1. The van der Waals surface area contributed by atoms with Crippen molar-refractivity contribution in [1.82, 2.24) is 14.9 Å². The number of aromatic nitrogens is 2. The Morgan fingerprint density at radius 1 is 1.04 bits per heavy atom. The summed E-state index contributed by atoms with van der Waals surface area (Å²) in [6.45, 7) is 9.29. The molecular weight excluding hydrogens is 348 g/mol. The van der Waals surface area contributed by atoms with E-state index in [0.717, 1.165) is 49.1 Å². The van der Waals surface area contributed by atoms with Gasteiger partial charge in [0.15, 0.2) is 0 Å². The highest BCUT2D eigenvalue weighted by Gasteiger charge is 2.42. The predicted octanol–water partition coefficient (Wildman–Crippen LogP) is 3.26. The minimum absolute atomic E-state index is 0.0525. The molecule has 3 heterocycles. The quantitative estimate of drug-likeness (QED) is 0.814. The van der Waals surface area contributed by atoms with E-state index in [9.17, 15) is 4.79 Å². The minimum atomic E-state index is 0.0525. The van der Waals surface area contributed by atoms with Crippen LogP contribution in [0.5, 0.6) is 0 Å². The summed E-state index contributed by atoms with van der Waals surface area (Å²) in [4.78, 5) is 26.4. The minimum Gasteiger partial charge on any atom is -0.340 e. The summed E-state index contributed by atoms with van der Waals surface area (Å²) in [5.74, 6) is 1.80. The van der Waals surface area contributed by atoms with E-state index >= 15 is 0 Å². The van der Waals surface area contributed by atoms with Gasteiger partial charge in [0.2, 0.25) is 5.95 Å². The van der Waals surface area contributed by atoms with Gasteiger partial charge in [-0.25, -0.2) is 9.97 Å². The Morgan fingerprint density at radius 3 is 2.23 bits per heavy atom. The lowest BCUT2D eigenvalue weighted by Gasteiger charge is -2.23. The number of anilines is 1. The van der Waals surface area contributed by atoms with Crippen LogP contribution in [0.15, 0.2) is 24.3 Å². The number of fused-ring (bicyclic) bond motifs is 1. The highest BCUT2D eigenvalue weighted by atomic mass is 35.5. The van der Waals surface area contributed by atoms with Crippen LogP contribution in [0.25, 0.3) is 0 Å². The molecule has 1 aromatic heterocycles. The molecule has 2 aliphatic rings. The first-order chi connectivity index (χ1) is 12.4. The molecule has 26 heavy (non-hydrogen) atoms. The van der Waals surface area contributed by atoms with Crippen LogP contribution in [-0.2, 0) is 0 Å². The molecule has 1 aromatic carbocycles. The van der Waals surface area contributed by atoms with Crippen LogP contribution in [0.3, 0.4) is 0 Å². The molecule has 1 amide bonds. The Labute approximate surface area is 159 Å². The molecular formula is C20H23ClN4O. The Bertz CT molecular complexity index is 814. The number of hydrogen-bond donors (Lipinski definition) is 0. The van der Waals surface area contributed by atoms with Crippen molar-refractivity contribution in [3.8, 4) is 0 Å². The number of likely N-dealkylation sites (tertiary alicyclic amines) is 1. The first-order valence-corrected chi connectivity index (χ1v) is 9.42. The fraction of sp³-hybridized carbons (Fsp3) is 0.450. The molecule has 136 valence electrons. The monoisotopic (exact) mass is 370 g/mol. The Morgan fingerprint density at radius 2 is 1.65 bits per heavy atom. The molecule has 0 spiro atoms. The summed E-state index contributed by atoms with van der Waals surface area (Å²) >= 11 is 6.28. The topological polar surface area (TPSA) is 49.3 Å². The van der Waals surface area contributed by atoms with Gasteiger partial charge in [0.25, 0.3) is 5.91 Å². The van der Waals surface area contributed by atoms with E-state index < -0.39 is 0 Å². The predicted molar refractivity (Wildman–Crippen MR) is 103 cm³/mol. The van der Waals surface area contributed by atoms with Gasteiger partial charge in [-0.05, 0) is 38.5 Å². The number of carbonyl (C=O) groups excluding carboxylic acids is 1. The van der Waals surface area contributed by atoms with Gasteiger partial charge in [-0.15, -0.1) is 0 Å². The third kappa shape index (κ3) is 3.05. The molecule has 0 N–H and O–H groups in total. The van der Waals surface area contributed by atoms with Crippen molar-refractivity contribution in [3.63, 3.8) is 0 Å². The number of carbonyl (C=O) groups is 1. The zero-order valence-corrected chi connectivity index (χ0v) is 16.1. The molecule has 2 atom stereocenters. The standard InChI is InChI=1S/C20H23ClN4O/c1-12-5-4-6-17(21)18(12)19(26)24-8-15-10-25(11-16(15)9-24)20-22-13(2)7-14(3)23-20/h4-7,15-16H,8-11H2,1-3H3. The molecule has 0 aliphatic carbocycles. The van der Waals surface area contributed by atoms with Crippen LogP contribution < -0.4 is 4.90 Å². The van der Waals surface area contributed by atoms with Crippen molar-refractivity contribution in [1.29, 1.82) is 0 Å². The van der Waals surface area contributed by atoms with Crippen LogP contribution in [0.1, 0.15) is 27.3 Å². The van der Waals surface area contributed by atoms with Crippen LogP contribution in [0.2, 0.25) is 5.02 Å². The SMILES string of the molecule is Cc1cc(C)nc(N2CC3CN(C(=O)c4c(C)cccc4Cl)CC3C2)n1. The summed E-state index contributed by atoms with van der Waals surface area (Å²) in [6, 6.07) is 7.61. The number of hydrogen-bond acceptors (Lipinski definition) is 4. The first-order valence-electron chi connectivity index (χ1n) is 9.04. The van der Waals surface area contributed by atoms with Gasteiger partial charge >= 0.3 is 0 Å². The third-order valence-corrected chi connectivity index (χ3v) is 5.78. The second kappa shape index (κ2) is 6.54. The van der Waals surface area contributed by atoms with E-state index in [1.54, 1.807) is 6.07 Å². The van der Waals surface area contributed by atoms with Gasteiger partial charge in [0, 0.05) is 49.4 Å². The summed E-state index contributed by atoms with van der Waals surface area (Å²) in [6.07, 6.45) is 0. The Hall–Kier alpha value is -2.14. The van der Waals surface area contributed by atoms with Crippen molar-refractivity contribution in [2.75, 3.05) is 31.1 Å². The second-order valence-electron chi connectivity index (χ2n) is 7.52. The van der Waals surface area contributed by atoms with E-state index in [4.69, 9.17) is 11.6 Å². The second-order valence-corrected chi connectivity index (χ2v) is 7.92. The van der Waals surface area contributed by atoms with Crippen molar-refractivity contribution >= 4 is 23.5 Å². The lowest BCUT2D eigenvalue weighted by molar-refractivity contribution is 0.0782. The number of halogens is 1. The molecule has 0 bridgehead atoms. The number of amides is 1. The van der Waals surface area contributed by atoms with E-state index in [1.165, 1.54) is 0 Å². The van der Waals surface area contributed by atoms with E-state index in [0.29, 0.717) is 22.4 Å². The van der Waals surface area contributed by atoms with Crippen molar-refractivity contribution in [2.24, 2.45) is 11.8 Å². The number of aryl methyl sites for hydroxylation is 3. The molecule has 4 rings (SSSR count). The average molecular weight is 371 g/mol. The van der Waals surface area contributed by atoms with Crippen molar-refractivity contribution < 1.29 is 4.79 Å². The molecule has 2 aliphatic heterocycles. The highest BCUT2D eigenvalue weighted by molar-refractivity contribution is 6.34. The lowest BCUT2D eigenvalue weighted by atomic mass is 10.0. The maximum absolute atomic E-state index is 13.0. The fourth-order valence-corrected chi connectivity index (χ4v) is 4.53. The number of nitrogens with zero attached hydrogens (tertiary/aromatic N) is 4. The van der Waals surface area contributed by atoms with Crippen LogP contribution in [-0.4, -0.2) is 47.0 Å². The first kappa shape index (κ1) is 17.3. The molecule has 2 saturated heterocycles. The molecule has 0 saturated carbocycles. The smallest absolute Gasteiger partial charge is 0.255 e. The normalized spacial score (nSPS) is 22.0. The van der Waals surface area contributed by atoms with Gasteiger partial charge in [-0.2, -0.15) is 0 Å². The third-order valence-electron chi connectivity index (χ3n) is 5.46. The van der Waals surface area contributed by atoms with E-state index in [2.05, 4.69) is 14.9 Å². The van der Waals surface area contributed by atoms with Gasteiger partial charge in [-0.1, -0.05) is 23.7 Å². The summed E-state index contributed by atoms with van der Waals surface area (Å²) < 4.78 is 0. The van der Waals surface area contributed by atoms with Gasteiger partial charge in [0.05, 0.1) is 10.6 Å². The molecule has 2 unspecified atom stereocenters. The lowest BCUT2D eigenvalue weighted by Crippen LogP contribution is -2.34. The van der Waals surface area contributed by atoms with Gasteiger partial charge in [0.1, 0.15) is 0 Å². The zero-order chi connectivity index (χ0) is 18.4. The molecule has 0 radical (unpaired) electrons. The molecule has 2 fully saturated rings. The van der Waals surface area contributed by atoms with Crippen molar-refractivity contribution in [2.45, 2.75) is 20.8 Å². The largest absolute Gasteiger partial charge is 0.340 e. The van der Waals surface area contributed by atoms with Crippen LogP contribution >= 0.6 is 11.6 Å². The van der Waals surface area contributed by atoms with Crippen LogP contribution in [0.4, 0.5) is 5.95 Å². The maximum Gasteiger partial charge on any atom is 0.255 e. The molecule has 5 nitrogen and oxygen atoms in total. The van der Waals surface area contributed by atoms with Gasteiger partial charge < -0.3 is 9.80 Å². The zero-order valence-electron chi connectivity index (χ0n) is 15.4. The number of rotatable bonds is 2. The maximum atomic E-state index is 13.0. The highest BCUT2D eigenvalue weighted by Crippen LogP contribution is 2.34. The summed E-state index contributed by atoms with van der Waals surface area (Å²) in [7, 11) is 0. The molecule has 6 heteroatoms. The fourth-order valence-electron chi connectivity index (χ4n) is 4.23. The Balaban J connectivity index is 1.47.